The fourth-order valence-electron chi connectivity index (χ4n) is 1.35. The van der Waals surface area contributed by atoms with Crippen molar-refractivity contribution in [1.29, 1.82) is 0 Å². The number of phenols is 1. The molecule has 14 heavy (non-hydrogen) atoms. The van der Waals surface area contributed by atoms with Gasteiger partial charge in [0.05, 0.1) is 11.3 Å². The molecule has 0 bridgehead atoms. The normalized spacial score (nSPS) is 10.7. The van der Waals surface area contributed by atoms with Gasteiger partial charge in [0.1, 0.15) is 0 Å². The van der Waals surface area contributed by atoms with Crippen LogP contribution in [0.25, 0.3) is 10.1 Å². The highest BCUT2D eigenvalue weighted by Crippen LogP contribution is 2.40. The van der Waals surface area contributed by atoms with Crippen LogP contribution in [-0.4, -0.2) is 11.7 Å². The van der Waals surface area contributed by atoms with E-state index < -0.39 is 0 Å². The van der Waals surface area contributed by atoms with E-state index in [9.17, 15) is 5.11 Å². The summed E-state index contributed by atoms with van der Waals surface area (Å²) in [5.41, 5.74) is 0. The molecule has 1 aromatic carbocycles. The summed E-state index contributed by atoms with van der Waals surface area (Å²) in [6.45, 7) is 2.42. The van der Waals surface area contributed by atoms with Crippen molar-refractivity contribution in [3.63, 3.8) is 0 Å². The second-order valence-corrected chi connectivity index (χ2v) is 4.24. The Morgan fingerprint density at radius 2 is 2.36 bits per heavy atom. The number of benzene rings is 1. The Kier molecular flexibility index (Phi) is 2.56. The zero-order valence-electron chi connectivity index (χ0n) is 7.65. The summed E-state index contributed by atoms with van der Waals surface area (Å²) in [6.07, 6.45) is 0. The van der Waals surface area contributed by atoms with Gasteiger partial charge in [-0.25, -0.2) is 0 Å². The second-order valence-electron chi connectivity index (χ2n) is 2.84. The molecule has 74 valence electrons. The average Bonchev–Trinajstić information content (AvgIpc) is 2.63. The van der Waals surface area contributed by atoms with E-state index >= 15 is 0 Å². The minimum Gasteiger partial charge on any atom is -0.504 e. The lowest BCUT2D eigenvalue weighted by molar-refractivity contribution is 0.319. The van der Waals surface area contributed by atoms with E-state index in [1.165, 1.54) is 0 Å². The maximum Gasteiger partial charge on any atom is 0.166 e. The van der Waals surface area contributed by atoms with Crippen LogP contribution in [0.2, 0.25) is 0 Å². The summed E-state index contributed by atoms with van der Waals surface area (Å²) in [7, 11) is 0. The van der Waals surface area contributed by atoms with Gasteiger partial charge in [-0.2, -0.15) is 0 Å². The first-order chi connectivity index (χ1) is 6.74. The van der Waals surface area contributed by atoms with Crippen molar-refractivity contribution in [2.75, 3.05) is 6.61 Å². The molecule has 0 fully saturated rings. The van der Waals surface area contributed by atoms with Gasteiger partial charge in [-0.1, -0.05) is 0 Å². The summed E-state index contributed by atoms with van der Waals surface area (Å²) in [6, 6.07) is 3.62. The zero-order chi connectivity index (χ0) is 10.1. The van der Waals surface area contributed by atoms with Crippen molar-refractivity contribution in [3.05, 3.63) is 17.5 Å². The lowest BCUT2D eigenvalue weighted by Crippen LogP contribution is -1.91. The Morgan fingerprint density at radius 1 is 1.57 bits per heavy atom. The Bertz CT molecular complexity index is 462. The summed E-state index contributed by atoms with van der Waals surface area (Å²) in [4.78, 5) is 0.844. The molecule has 2 aromatic rings. The summed E-state index contributed by atoms with van der Waals surface area (Å²) < 4.78 is 6.30. The molecule has 1 N–H and O–H groups in total. The number of aromatic hydroxyl groups is 1. The van der Waals surface area contributed by atoms with Crippen LogP contribution >= 0.6 is 24.0 Å². The van der Waals surface area contributed by atoms with E-state index in [0.29, 0.717) is 12.4 Å². The molecule has 4 heteroatoms. The maximum absolute atomic E-state index is 9.84. The SMILES string of the molecule is CCOc1cc(S)c2sccc2c1O. The van der Waals surface area contributed by atoms with Crippen molar-refractivity contribution in [1.82, 2.24) is 0 Å². The first-order valence-electron chi connectivity index (χ1n) is 4.29. The first kappa shape index (κ1) is 9.68. The molecule has 0 atom stereocenters. The Labute approximate surface area is 91.5 Å². The third-order valence-corrected chi connectivity index (χ3v) is 3.41. The number of thiol groups is 1. The molecule has 2 rings (SSSR count). The van der Waals surface area contributed by atoms with Gasteiger partial charge in [-0.3, -0.25) is 0 Å². The largest absolute Gasteiger partial charge is 0.504 e. The van der Waals surface area contributed by atoms with Crippen molar-refractivity contribution in [2.24, 2.45) is 0 Å². The lowest BCUT2D eigenvalue weighted by Gasteiger charge is -2.07. The molecule has 0 aliphatic heterocycles. The van der Waals surface area contributed by atoms with E-state index in [2.05, 4.69) is 12.6 Å². The molecule has 0 radical (unpaired) electrons. The van der Waals surface area contributed by atoms with Crippen LogP contribution in [0.15, 0.2) is 22.4 Å². The fourth-order valence-corrected chi connectivity index (χ4v) is 2.56. The van der Waals surface area contributed by atoms with Crippen LogP contribution in [0.5, 0.6) is 11.5 Å². The summed E-state index contributed by atoms with van der Waals surface area (Å²) in [5, 5.41) is 12.6. The first-order valence-corrected chi connectivity index (χ1v) is 5.61. The molecule has 0 saturated heterocycles. The van der Waals surface area contributed by atoms with Crippen molar-refractivity contribution in [3.8, 4) is 11.5 Å². The van der Waals surface area contributed by atoms with Gasteiger partial charge in [0.25, 0.3) is 0 Å². The molecule has 0 unspecified atom stereocenters. The van der Waals surface area contributed by atoms with E-state index in [-0.39, 0.29) is 5.75 Å². The minimum atomic E-state index is 0.209. The van der Waals surface area contributed by atoms with Crippen molar-refractivity contribution >= 4 is 34.1 Å². The number of hydrogen-bond acceptors (Lipinski definition) is 4. The maximum atomic E-state index is 9.84. The molecular formula is C10H10O2S2. The van der Waals surface area contributed by atoms with Gasteiger partial charge < -0.3 is 9.84 Å². The molecule has 0 spiro atoms. The highest BCUT2D eigenvalue weighted by Gasteiger charge is 2.11. The standard InChI is InChI=1S/C10H10O2S2/c1-2-12-7-5-8(13)10-6(9(7)11)3-4-14-10/h3-5,11,13H,2H2,1H3. The quantitative estimate of drug-likeness (QED) is 0.769. The zero-order valence-corrected chi connectivity index (χ0v) is 9.36. The smallest absolute Gasteiger partial charge is 0.166 e. The monoisotopic (exact) mass is 226 g/mol. The van der Waals surface area contributed by atoms with Crippen LogP contribution < -0.4 is 4.74 Å². The van der Waals surface area contributed by atoms with Crippen molar-refractivity contribution < 1.29 is 9.84 Å². The van der Waals surface area contributed by atoms with E-state index in [0.717, 1.165) is 15.0 Å². The van der Waals surface area contributed by atoms with Gasteiger partial charge in [-0.15, -0.1) is 24.0 Å². The van der Waals surface area contributed by atoms with Crippen LogP contribution in [0, 0.1) is 0 Å². The predicted molar refractivity (Wildman–Crippen MR) is 61.9 cm³/mol. The molecular weight excluding hydrogens is 216 g/mol. The van der Waals surface area contributed by atoms with Crippen LogP contribution in [-0.2, 0) is 0 Å². The van der Waals surface area contributed by atoms with E-state index in [1.807, 2.05) is 18.4 Å². The highest BCUT2D eigenvalue weighted by atomic mass is 32.1. The summed E-state index contributed by atoms with van der Waals surface area (Å²) >= 11 is 5.91. The number of phenolic OH excluding ortho intramolecular Hbond substituents is 1. The van der Waals surface area contributed by atoms with Gasteiger partial charge in [0.15, 0.2) is 11.5 Å². The second kappa shape index (κ2) is 3.71. The third-order valence-electron chi connectivity index (χ3n) is 1.95. The number of rotatable bonds is 2. The van der Waals surface area contributed by atoms with E-state index in [4.69, 9.17) is 4.74 Å². The Morgan fingerprint density at radius 3 is 3.07 bits per heavy atom. The Hall–Kier alpha value is -0.870. The highest BCUT2D eigenvalue weighted by molar-refractivity contribution is 7.80. The molecule has 2 nitrogen and oxygen atoms in total. The van der Waals surface area contributed by atoms with Gasteiger partial charge in [0.2, 0.25) is 0 Å². The predicted octanol–water partition coefficient (Wildman–Crippen LogP) is 3.29. The summed E-state index contributed by atoms with van der Waals surface area (Å²) in [5.74, 6) is 0.712. The number of ether oxygens (including phenoxy) is 1. The van der Waals surface area contributed by atoms with E-state index in [1.54, 1.807) is 17.4 Å². The minimum absolute atomic E-state index is 0.209. The molecule has 1 aromatic heterocycles. The number of fused-ring (bicyclic) bond motifs is 1. The Balaban J connectivity index is 2.68. The van der Waals surface area contributed by atoms with Gasteiger partial charge in [-0.05, 0) is 24.4 Å². The van der Waals surface area contributed by atoms with Gasteiger partial charge in [0, 0.05) is 10.3 Å². The van der Waals surface area contributed by atoms with Crippen LogP contribution in [0.3, 0.4) is 0 Å². The topological polar surface area (TPSA) is 29.5 Å². The average molecular weight is 226 g/mol. The third kappa shape index (κ3) is 1.44. The molecule has 0 aliphatic rings. The number of thiophene rings is 1. The molecule has 0 saturated carbocycles. The van der Waals surface area contributed by atoms with Crippen LogP contribution in [0.1, 0.15) is 6.92 Å². The van der Waals surface area contributed by atoms with Crippen molar-refractivity contribution in [2.45, 2.75) is 11.8 Å². The lowest BCUT2D eigenvalue weighted by atomic mass is 10.2. The van der Waals surface area contributed by atoms with Crippen LogP contribution in [0.4, 0.5) is 0 Å². The fraction of sp³-hybridized carbons (Fsp3) is 0.200. The molecule has 0 amide bonds. The number of hydrogen-bond donors (Lipinski definition) is 2. The van der Waals surface area contributed by atoms with Gasteiger partial charge >= 0.3 is 0 Å². The molecule has 0 aliphatic carbocycles. The molecule has 1 heterocycles.